The summed E-state index contributed by atoms with van der Waals surface area (Å²) in [6.07, 6.45) is 5.56. The predicted octanol–water partition coefficient (Wildman–Crippen LogP) is 0.0919. The normalized spacial score (nSPS) is 9.00. The molecule has 0 aliphatic carbocycles. The zero-order valence-corrected chi connectivity index (χ0v) is 4.19. The molecule has 0 aromatic carbocycles. The molecule has 8 heavy (non-hydrogen) atoms. The Kier molecular flexibility index (Phi) is 1.42. The minimum atomic E-state index is 0.710. The minimum absolute atomic E-state index is 0.710. The van der Waals surface area contributed by atoms with Crippen LogP contribution in [-0.4, -0.2) is 15.8 Å². The van der Waals surface area contributed by atoms with Crippen LogP contribution >= 0.6 is 0 Å². The van der Waals surface area contributed by atoms with Crippen LogP contribution in [0.5, 0.6) is 0 Å². The van der Waals surface area contributed by atoms with Crippen LogP contribution in [0.4, 0.5) is 0 Å². The molecule has 0 N–H and O–H groups in total. The molecule has 0 aliphatic rings. The summed E-state index contributed by atoms with van der Waals surface area (Å²) in [7, 11) is 0. The van der Waals surface area contributed by atoms with Gasteiger partial charge in [-0.3, -0.25) is 0 Å². The lowest BCUT2D eigenvalue weighted by Crippen LogP contribution is -1.89. The van der Waals surface area contributed by atoms with Gasteiger partial charge in [0.05, 0.1) is 6.33 Å². The fourth-order valence-corrected chi connectivity index (χ4v) is 0.428. The molecule has 0 atom stereocenters. The number of hydrogen-bond acceptors (Lipinski definition) is 2. The van der Waals surface area contributed by atoms with Crippen LogP contribution in [-0.2, 0) is 4.79 Å². The van der Waals surface area contributed by atoms with Crippen molar-refractivity contribution in [1.29, 1.82) is 0 Å². The number of nitrogens with zero attached hydrogens (tertiary/aromatic N) is 2. The Balaban J connectivity index is 2.62. The zero-order valence-electron chi connectivity index (χ0n) is 4.19. The van der Waals surface area contributed by atoms with E-state index in [4.69, 9.17) is 0 Å². The number of imidazole rings is 1. The van der Waals surface area contributed by atoms with Gasteiger partial charge in [-0.25, -0.2) is 4.98 Å². The van der Waals surface area contributed by atoms with Gasteiger partial charge in [0.2, 0.25) is 0 Å². The van der Waals surface area contributed by atoms with Crippen molar-refractivity contribution in [2.24, 2.45) is 0 Å². The Morgan fingerprint density at radius 3 is 3.00 bits per heavy atom. The van der Waals surface area contributed by atoms with E-state index in [0.717, 1.165) is 0 Å². The first-order chi connectivity index (χ1) is 3.93. The van der Waals surface area contributed by atoms with E-state index < -0.39 is 0 Å². The largest absolute Gasteiger partial charge is 0.325 e. The van der Waals surface area contributed by atoms with Gasteiger partial charge in [0.15, 0.2) is 0 Å². The van der Waals surface area contributed by atoms with Gasteiger partial charge in [0.25, 0.3) is 0 Å². The molecule has 3 nitrogen and oxygen atoms in total. The van der Waals surface area contributed by atoms with E-state index in [-0.39, 0.29) is 0 Å². The van der Waals surface area contributed by atoms with E-state index in [2.05, 4.69) is 4.98 Å². The summed E-state index contributed by atoms with van der Waals surface area (Å²) in [6, 6.07) is 0. The van der Waals surface area contributed by atoms with Gasteiger partial charge in [0, 0.05) is 12.4 Å². The van der Waals surface area contributed by atoms with E-state index >= 15 is 0 Å². The molecule has 0 saturated heterocycles. The second-order valence-electron chi connectivity index (χ2n) is 1.30. The van der Waals surface area contributed by atoms with Crippen LogP contribution in [0.25, 0.3) is 0 Å². The number of carbonyl (C=O) groups is 1. The number of aldehydes is 1. The van der Waals surface area contributed by atoms with Gasteiger partial charge >= 0.3 is 0 Å². The van der Waals surface area contributed by atoms with Crippen LogP contribution in [0.15, 0.2) is 18.7 Å². The third kappa shape index (κ3) is 0.932. The molecular weight excluding hydrogens is 104 g/mol. The van der Waals surface area contributed by atoms with E-state index in [1.54, 1.807) is 23.3 Å². The van der Waals surface area contributed by atoms with Gasteiger partial charge < -0.3 is 9.36 Å². The fourth-order valence-electron chi connectivity index (χ4n) is 0.428. The van der Waals surface area contributed by atoms with Gasteiger partial charge in [0.1, 0.15) is 12.8 Å². The maximum atomic E-state index is 9.77. The van der Waals surface area contributed by atoms with Crippen LogP contribution in [0, 0.1) is 6.54 Å². The third-order valence-electron chi connectivity index (χ3n) is 0.758. The molecule has 41 valence electrons. The molecule has 3 heteroatoms. The average molecular weight is 109 g/mol. The first-order valence-corrected chi connectivity index (χ1v) is 2.19. The average Bonchev–Trinajstić information content (AvgIpc) is 2.19. The molecule has 0 saturated carbocycles. The van der Waals surface area contributed by atoms with Crippen LogP contribution in [0.1, 0.15) is 0 Å². The van der Waals surface area contributed by atoms with Crippen molar-refractivity contribution in [2.45, 2.75) is 0 Å². The van der Waals surface area contributed by atoms with Crippen molar-refractivity contribution in [3.05, 3.63) is 25.3 Å². The summed E-state index contributed by atoms with van der Waals surface area (Å²) < 4.78 is 1.58. The zero-order chi connectivity index (χ0) is 5.82. The standard InChI is InChI=1S/C5H5N2O/c8-4-3-7-2-1-6-5-7/h1-5H. The van der Waals surface area contributed by atoms with Crippen molar-refractivity contribution in [1.82, 2.24) is 9.55 Å². The van der Waals surface area contributed by atoms with Crippen molar-refractivity contribution in [3.63, 3.8) is 0 Å². The van der Waals surface area contributed by atoms with E-state index in [1.807, 2.05) is 0 Å². The maximum Gasteiger partial charge on any atom is 0.145 e. The molecule has 0 unspecified atom stereocenters. The lowest BCUT2D eigenvalue weighted by atomic mass is 10.7. The van der Waals surface area contributed by atoms with Gasteiger partial charge in [-0.05, 0) is 0 Å². The van der Waals surface area contributed by atoms with E-state index in [1.165, 1.54) is 6.54 Å². The summed E-state index contributed by atoms with van der Waals surface area (Å²) in [5.41, 5.74) is 0. The minimum Gasteiger partial charge on any atom is -0.325 e. The Bertz CT molecular complexity index is 157. The smallest absolute Gasteiger partial charge is 0.145 e. The molecule has 0 aliphatic heterocycles. The quantitative estimate of drug-likeness (QED) is 0.504. The Morgan fingerprint density at radius 1 is 1.62 bits per heavy atom. The van der Waals surface area contributed by atoms with Crippen molar-refractivity contribution in [2.75, 3.05) is 0 Å². The summed E-state index contributed by atoms with van der Waals surface area (Å²) in [5, 5.41) is 0. The summed E-state index contributed by atoms with van der Waals surface area (Å²) in [6.45, 7) is 1.38. The molecule has 1 radical (unpaired) electrons. The number of hydrogen-bond donors (Lipinski definition) is 0. The lowest BCUT2D eigenvalue weighted by molar-refractivity contribution is -0.105. The van der Waals surface area contributed by atoms with Gasteiger partial charge in [-0.15, -0.1) is 0 Å². The van der Waals surface area contributed by atoms with Crippen molar-refractivity contribution in [3.8, 4) is 0 Å². The Morgan fingerprint density at radius 2 is 2.50 bits per heavy atom. The highest BCUT2D eigenvalue weighted by Gasteiger charge is 1.83. The molecule has 0 fully saturated rings. The molecule has 1 aromatic heterocycles. The van der Waals surface area contributed by atoms with Gasteiger partial charge in [-0.2, -0.15) is 0 Å². The van der Waals surface area contributed by atoms with E-state index in [9.17, 15) is 4.79 Å². The highest BCUT2D eigenvalue weighted by Crippen LogP contribution is 1.82. The summed E-state index contributed by atoms with van der Waals surface area (Å²) in [4.78, 5) is 13.5. The highest BCUT2D eigenvalue weighted by molar-refractivity contribution is 5.60. The van der Waals surface area contributed by atoms with Crippen molar-refractivity contribution < 1.29 is 4.79 Å². The molecule has 0 amide bonds. The van der Waals surface area contributed by atoms with Crippen LogP contribution < -0.4 is 0 Å². The van der Waals surface area contributed by atoms with Gasteiger partial charge in [-0.1, -0.05) is 0 Å². The van der Waals surface area contributed by atoms with Crippen molar-refractivity contribution >= 4 is 6.29 Å². The fraction of sp³-hybridized carbons (Fsp3) is 0. The monoisotopic (exact) mass is 109 g/mol. The number of rotatable bonds is 2. The molecule has 1 rings (SSSR count). The van der Waals surface area contributed by atoms with E-state index in [0.29, 0.717) is 6.29 Å². The molecular formula is C5H5N2O. The first kappa shape index (κ1) is 5.03. The second-order valence-corrected chi connectivity index (χ2v) is 1.30. The summed E-state index contributed by atoms with van der Waals surface area (Å²) in [5.74, 6) is 0. The summed E-state index contributed by atoms with van der Waals surface area (Å²) >= 11 is 0. The SMILES string of the molecule is O=C[CH]n1ccnc1. The number of aromatic nitrogens is 2. The topological polar surface area (TPSA) is 34.9 Å². The Labute approximate surface area is 47.0 Å². The maximum absolute atomic E-state index is 9.77. The van der Waals surface area contributed by atoms with Crippen LogP contribution in [0.2, 0.25) is 0 Å². The second kappa shape index (κ2) is 2.26. The Hall–Kier alpha value is -1.12. The third-order valence-corrected chi connectivity index (χ3v) is 0.758. The molecule has 1 heterocycles. The molecule has 1 aromatic rings. The first-order valence-electron chi connectivity index (χ1n) is 2.19. The number of carbonyl (C=O) groups excluding carboxylic acids is 1. The van der Waals surface area contributed by atoms with Crippen LogP contribution in [0.3, 0.4) is 0 Å². The lowest BCUT2D eigenvalue weighted by Gasteiger charge is -1.86. The predicted molar refractivity (Wildman–Crippen MR) is 28.0 cm³/mol. The molecule has 0 spiro atoms. The highest BCUT2D eigenvalue weighted by atomic mass is 16.1. The molecule has 0 bridgehead atoms.